The highest BCUT2D eigenvalue weighted by molar-refractivity contribution is 7.84. The molecule has 180 valence electrons. The van der Waals surface area contributed by atoms with Gasteiger partial charge in [-0.1, -0.05) is 114 Å². The summed E-state index contributed by atoms with van der Waals surface area (Å²) in [5.41, 5.74) is 4.73. The van der Waals surface area contributed by atoms with Crippen molar-refractivity contribution < 1.29 is 4.21 Å². The van der Waals surface area contributed by atoms with E-state index in [4.69, 9.17) is 0 Å². The van der Waals surface area contributed by atoms with E-state index < -0.39 is 18.9 Å². The second kappa shape index (κ2) is 11.0. The van der Waals surface area contributed by atoms with Gasteiger partial charge in [0, 0.05) is 0 Å². The first-order valence-electron chi connectivity index (χ1n) is 12.0. The van der Waals surface area contributed by atoms with Crippen LogP contribution in [-0.2, 0) is 11.0 Å². The van der Waals surface area contributed by atoms with Crippen LogP contribution in [0.4, 0.5) is 0 Å². The summed E-state index contributed by atoms with van der Waals surface area (Å²) in [6.07, 6.45) is 0. The average Bonchev–Trinajstić information content (AvgIpc) is 2.83. The van der Waals surface area contributed by atoms with Gasteiger partial charge in [0.15, 0.2) is 0 Å². The van der Waals surface area contributed by atoms with E-state index in [1.165, 1.54) is 32.6 Å². The number of nitrogens with one attached hydrogen (secondary N) is 1. The fraction of sp³-hybridized carbons (Fsp3) is 0.226. The summed E-state index contributed by atoms with van der Waals surface area (Å²) in [5.74, 6) is 0. The van der Waals surface area contributed by atoms with E-state index in [1.807, 2.05) is 20.8 Å². The Balaban J connectivity index is 1.93. The van der Waals surface area contributed by atoms with Gasteiger partial charge in [0.1, 0.15) is 0 Å². The molecule has 0 amide bonds. The number of aryl methyl sites for hydroxylation is 2. The zero-order chi connectivity index (χ0) is 25.0. The molecule has 0 bridgehead atoms. The van der Waals surface area contributed by atoms with Gasteiger partial charge < -0.3 is 0 Å². The normalized spacial score (nSPS) is 13.5. The van der Waals surface area contributed by atoms with Gasteiger partial charge in [-0.2, -0.15) is 0 Å². The lowest BCUT2D eigenvalue weighted by molar-refractivity contribution is 0.624. The van der Waals surface area contributed by atoms with Crippen molar-refractivity contribution >= 4 is 34.8 Å². The third-order valence-corrected chi connectivity index (χ3v) is 9.96. The molecule has 2 nitrogen and oxygen atoms in total. The molecule has 0 fully saturated rings. The summed E-state index contributed by atoms with van der Waals surface area (Å²) in [5, 5.41) is 3.89. The van der Waals surface area contributed by atoms with Crippen LogP contribution in [0.15, 0.2) is 103 Å². The van der Waals surface area contributed by atoms with E-state index in [2.05, 4.69) is 122 Å². The third kappa shape index (κ3) is 6.16. The smallest absolute Gasteiger partial charge is 0.0979 e. The molecule has 2 atom stereocenters. The molecule has 0 aliphatic heterocycles. The molecule has 0 spiro atoms. The monoisotopic (exact) mass is 499 g/mol. The topological polar surface area (TPSA) is 29.1 Å². The average molecular weight is 500 g/mol. The Bertz CT molecular complexity index is 1240. The second-order valence-electron chi connectivity index (χ2n) is 9.92. The Morgan fingerprint density at radius 1 is 0.714 bits per heavy atom. The molecule has 1 unspecified atom stereocenters. The van der Waals surface area contributed by atoms with Gasteiger partial charge in [-0.15, -0.1) is 0 Å². The lowest BCUT2D eigenvalue weighted by Crippen LogP contribution is -2.38. The van der Waals surface area contributed by atoms with Crippen molar-refractivity contribution in [3.63, 3.8) is 0 Å². The lowest BCUT2D eigenvalue weighted by atomic mass is 9.96. The van der Waals surface area contributed by atoms with Crippen molar-refractivity contribution in [2.75, 3.05) is 0 Å². The van der Waals surface area contributed by atoms with Crippen molar-refractivity contribution in [3.8, 4) is 0 Å². The molecule has 0 saturated heterocycles. The van der Waals surface area contributed by atoms with Gasteiger partial charge in [-0.3, -0.25) is 0 Å². The Kier molecular flexibility index (Phi) is 8.02. The van der Waals surface area contributed by atoms with E-state index in [0.29, 0.717) is 0 Å². The number of hydrogen-bond donors (Lipinski definition) is 1. The van der Waals surface area contributed by atoms with Crippen molar-refractivity contribution in [1.29, 1.82) is 0 Å². The maximum Gasteiger partial charge on any atom is 0.0979 e. The van der Waals surface area contributed by atoms with E-state index in [1.54, 1.807) is 0 Å². The van der Waals surface area contributed by atoms with Crippen molar-refractivity contribution in [3.05, 3.63) is 125 Å². The Morgan fingerprint density at radius 3 is 1.71 bits per heavy atom. The maximum absolute atomic E-state index is 13.4. The largest absolute Gasteiger partial charge is 0.242 e. The molecule has 4 rings (SSSR count). The summed E-state index contributed by atoms with van der Waals surface area (Å²) in [6, 6.07) is 36.6. The van der Waals surface area contributed by atoms with Crippen molar-refractivity contribution in [2.45, 2.75) is 45.4 Å². The van der Waals surface area contributed by atoms with Crippen LogP contribution in [0.3, 0.4) is 0 Å². The molecule has 35 heavy (non-hydrogen) atoms. The Labute approximate surface area is 214 Å². The predicted octanol–water partition coefficient (Wildman–Crippen LogP) is 6.20. The van der Waals surface area contributed by atoms with Crippen LogP contribution in [0.25, 0.3) is 0 Å². The first kappa shape index (κ1) is 25.5. The number of benzene rings is 4. The Hall–Kier alpha value is -2.58. The van der Waals surface area contributed by atoms with Crippen LogP contribution in [0.1, 0.15) is 49.1 Å². The van der Waals surface area contributed by atoms with Crippen LogP contribution in [0.2, 0.25) is 0 Å². The van der Waals surface area contributed by atoms with Crippen LogP contribution in [0, 0.1) is 13.8 Å². The van der Waals surface area contributed by atoms with E-state index in [9.17, 15) is 4.21 Å². The third-order valence-electron chi connectivity index (χ3n) is 5.88. The number of rotatable bonds is 7. The number of hydrogen-bond acceptors (Lipinski definition) is 1. The molecular formula is C31H34NOPS. The van der Waals surface area contributed by atoms with Gasteiger partial charge in [0.2, 0.25) is 0 Å². The molecule has 0 aliphatic rings. The summed E-state index contributed by atoms with van der Waals surface area (Å²) < 4.78 is 16.6. The molecule has 4 aromatic rings. The minimum Gasteiger partial charge on any atom is -0.242 e. The minimum absolute atomic E-state index is 0.192. The van der Waals surface area contributed by atoms with Gasteiger partial charge in [-0.25, -0.2) is 8.93 Å². The quantitative estimate of drug-likeness (QED) is 0.301. The predicted molar refractivity (Wildman–Crippen MR) is 154 cm³/mol. The standard InChI is InChI=1S/C31H34NOPS/c1-23-20-24(2)22-25(21-23)30(32-35(33)31(3,4)5)28-18-12-13-19-29(28)34(26-14-8-6-9-15-26)27-16-10-7-11-17-27/h6-22,30,32H,1-5H3/t30-,35?/m0/s1. The van der Waals surface area contributed by atoms with Crippen LogP contribution in [-0.4, -0.2) is 8.96 Å². The van der Waals surface area contributed by atoms with E-state index in [0.717, 1.165) is 5.56 Å². The van der Waals surface area contributed by atoms with Gasteiger partial charge in [0.05, 0.1) is 21.8 Å². The molecule has 1 N–H and O–H groups in total. The first-order valence-corrected chi connectivity index (χ1v) is 14.5. The molecule has 4 heteroatoms. The molecule has 0 radical (unpaired) electrons. The van der Waals surface area contributed by atoms with Crippen molar-refractivity contribution in [2.24, 2.45) is 0 Å². The molecule has 0 saturated carbocycles. The highest BCUT2D eigenvalue weighted by atomic mass is 32.2. The second-order valence-corrected chi connectivity index (χ2v) is 14.1. The van der Waals surface area contributed by atoms with E-state index >= 15 is 0 Å². The lowest BCUT2D eigenvalue weighted by Gasteiger charge is -2.29. The molecular weight excluding hydrogens is 465 g/mol. The highest BCUT2D eigenvalue weighted by Crippen LogP contribution is 2.37. The molecule has 4 aromatic carbocycles. The zero-order valence-electron chi connectivity index (χ0n) is 21.2. The highest BCUT2D eigenvalue weighted by Gasteiger charge is 2.29. The molecule has 0 aromatic heterocycles. The van der Waals surface area contributed by atoms with E-state index in [-0.39, 0.29) is 10.8 Å². The van der Waals surface area contributed by atoms with Gasteiger partial charge >= 0.3 is 0 Å². The Morgan fingerprint density at radius 2 is 1.20 bits per heavy atom. The summed E-state index contributed by atoms with van der Waals surface area (Å²) in [7, 11) is -2.03. The van der Waals surface area contributed by atoms with Crippen LogP contribution in [0.5, 0.6) is 0 Å². The minimum atomic E-state index is -1.23. The fourth-order valence-corrected chi connectivity index (χ4v) is 7.61. The van der Waals surface area contributed by atoms with Gasteiger partial charge in [-0.05, 0) is 69.6 Å². The molecule has 0 heterocycles. The summed E-state index contributed by atoms with van der Waals surface area (Å²) in [4.78, 5) is 0. The SMILES string of the molecule is Cc1cc(C)cc([C@H](NS(=O)C(C)(C)C)c2ccccc2P(c2ccccc2)c2ccccc2)c1. The maximum atomic E-state index is 13.4. The van der Waals surface area contributed by atoms with Crippen LogP contribution < -0.4 is 20.6 Å². The molecule has 0 aliphatic carbocycles. The fourth-order valence-electron chi connectivity index (χ4n) is 4.29. The van der Waals surface area contributed by atoms with Gasteiger partial charge in [0.25, 0.3) is 0 Å². The van der Waals surface area contributed by atoms with Crippen LogP contribution >= 0.6 is 7.92 Å². The first-order chi connectivity index (χ1) is 16.7. The summed E-state index contributed by atoms with van der Waals surface area (Å²) >= 11 is 0. The zero-order valence-corrected chi connectivity index (χ0v) is 22.9. The van der Waals surface area contributed by atoms with Crippen molar-refractivity contribution in [1.82, 2.24) is 4.72 Å². The summed E-state index contributed by atoms with van der Waals surface area (Å²) in [6.45, 7) is 10.3.